The van der Waals surface area contributed by atoms with Gasteiger partial charge in [0.1, 0.15) is 0 Å². The summed E-state index contributed by atoms with van der Waals surface area (Å²) in [6, 6.07) is 0. The van der Waals surface area contributed by atoms with E-state index in [1.165, 1.54) is 13.2 Å². The van der Waals surface area contributed by atoms with Crippen LogP contribution in [0.2, 0.25) is 0 Å². The van der Waals surface area contributed by atoms with Crippen molar-refractivity contribution in [2.24, 2.45) is 0 Å². The van der Waals surface area contributed by atoms with Crippen LogP contribution in [-0.2, 0) is 19.1 Å². The largest absolute Gasteiger partial charge is 0.469 e. The predicted octanol–water partition coefficient (Wildman–Crippen LogP) is 4.11. The Morgan fingerprint density at radius 3 is 1.83 bits per heavy atom. The van der Waals surface area contributed by atoms with Gasteiger partial charge in [-0.15, -0.1) is 0 Å². The molecule has 0 aliphatic carbocycles. The standard InChI is InChI=1S/C19H28O4/c1-3-17(20)13-9-7-8-11-15-18(21)14-10-5-4-6-12-16-19(22)23-2/h7-9,11,13,15H,3-6,10,12,14,16H2,1-2H3. The molecule has 23 heavy (non-hydrogen) atoms. The summed E-state index contributed by atoms with van der Waals surface area (Å²) in [4.78, 5) is 33.5. The molecule has 0 amide bonds. The lowest BCUT2D eigenvalue weighted by Gasteiger charge is -2.00. The zero-order valence-corrected chi connectivity index (χ0v) is 14.3. The minimum atomic E-state index is -0.160. The zero-order chi connectivity index (χ0) is 17.3. The van der Waals surface area contributed by atoms with Gasteiger partial charge in [-0.2, -0.15) is 0 Å². The average Bonchev–Trinajstić information content (AvgIpc) is 2.56. The molecule has 0 N–H and O–H groups in total. The molecule has 0 heterocycles. The van der Waals surface area contributed by atoms with Crippen molar-refractivity contribution < 1.29 is 19.1 Å². The van der Waals surface area contributed by atoms with Gasteiger partial charge >= 0.3 is 5.97 Å². The van der Waals surface area contributed by atoms with Crippen LogP contribution in [0.5, 0.6) is 0 Å². The van der Waals surface area contributed by atoms with Crippen molar-refractivity contribution in [1.82, 2.24) is 0 Å². The molecule has 0 aliphatic rings. The van der Waals surface area contributed by atoms with Gasteiger partial charge < -0.3 is 4.74 Å². The van der Waals surface area contributed by atoms with E-state index in [1.54, 1.807) is 30.4 Å². The van der Waals surface area contributed by atoms with Crippen LogP contribution in [0.15, 0.2) is 36.5 Å². The lowest BCUT2D eigenvalue weighted by molar-refractivity contribution is -0.140. The average molecular weight is 320 g/mol. The highest BCUT2D eigenvalue weighted by Crippen LogP contribution is 2.08. The second-order valence-electron chi connectivity index (χ2n) is 5.23. The van der Waals surface area contributed by atoms with Crippen LogP contribution in [-0.4, -0.2) is 24.6 Å². The van der Waals surface area contributed by atoms with E-state index in [4.69, 9.17) is 0 Å². The molecule has 0 fully saturated rings. The van der Waals surface area contributed by atoms with E-state index in [-0.39, 0.29) is 17.5 Å². The van der Waals surface area contributed by atoms with Gasteiger partial charge in [0.2, 0.25) is 0 Å². The minimum Gasteiger partial charge on any atom is -0.469 e. The van der Waals surface area contributed by atoms with Crippen LogP contribution >= 0.6 is 0 Å². The number of rotatable bonds is 13. The van der Waals surface area contributed by atoms with Crippen molar-refractivity contribution in [3.8, 4) is 0 Å². The van der Waals surface area contributed by atoms with E-state index < -0.39 is 0 Å². The molecule has 0 radical (unpaired) electrons. The van der Waals surface area contributed by atoms with Crippen molar-refractivity contribution >= 4 is 17.5 Å². The van der Waals surface area contributed by atoms with Gasteiger partial charge in [-0.3, -0.25) is 14.4 Å². The Bertz CT molecular complexity index is 444. The Hall–Kier alpha value is -1.97. The van der Waals surface area contributed by atoms with E-state index in [2.05, 4.69) is 4.74 Å². The number of ketones is 2. The van der Waals surface area contributed by atoms with Crippen molar-refractivity contribution in [2.45, 2.75) is 58.3 Å². The normalized spacial score (nSPS) is 11.6. The minimum absolute atomic E-state index is 0.0845. The van der Waals surface area contributed by atoms with Gasteiger partial charge in [0, 0.05) is 19.3 Å². The van der Waals surface area contributed by atoms with Gasteiger partial charge in [-0.25, -0.2) is 0 Å². The first kappa shape index (κ1) is 21.0. The Morgan fingerprint density at radius 2 is 1.26 bits per heavy atom. The third-order valence-electron chi connectivity index (χ3n) is 3.28. The summed E-state index contributed by atoms with van der Waals surface area (Å²) >= 11 is 0. The van der Waals surface area contributed by atoms with Crippen molar-refractivity contribution in [2.75, 3.05) is 7.11 Å². The number of methoxy groups -OCH3 is 1. The molecule has 0 unspecified atom stereocenters. The molecule has 0 aliphatic heterocycles. The summed E-state index contributed by atoms with van der Waals surface area (Å²) in [5, 5.41) is 0. The molecule has 4 nitrogen and oxygen atoms in total. The van der Waals surface area contributed by atoms with Crippen LogP contribution in [0.3, 0.4) is 0 Å². The van der Waals surface area contributed by atoms with E-state index in [1.807, 2.05) is 6.92 Å². The van der Waals surface area contributed by atoms with Crippen molar-refractivity contribution in [1.29, 1.82) is 0 Å². The molecule has 0 saturated carbocycles. The first-order valence-electron chi connectivity index (χ1n) is 8.24. The molecule has 0 aromatic heterocycles. The molecular formula is C19H28O4. The number of carbonyl (C=O) groups excluding carboxylic acids is 3. The Kier molecular flexibility index (Phi) is 13.7. The third-order valence-corrected chi connectivity index (χ3v) is 3.28. The topological polar surface area (TPSA) is 60.4 Å². The number of allylic oxidation sites excluding steroid dienone is 6. The first-order chi connectivity index (χ1) is 11.1. The summed E-state index contributed by atoms with van der Waals surface area (Å²) in [6.45, 7) is 1.81. The zero-order valence-electron chi connectivity index (χ0n) is 14.3. The molecule has 0 bridgehead atoms. The van der Waals surface area contributed by atoms with Gasteiger partial charge in [-0.1, -0.05) is 50.5 Å². The second kappa shape index (κ2) is 14.9. The van der Waals surface area contributed by atoms with Gasteiger partial charge in [0.25, 0.3) is 0 Å². The maximum Gasteiger partial charge on any atom is 0.305 e. The fourth-order valence-corrected chi connectivity index (χ4v) is 1.86. The maximum atomic E-state index is 11.6. The van der Waals surface area contributed by atoms with E-state index in [0.717, 1.165) is 32.1 Å². The number of unbranched alkanes of at least 4 members (excludes halogenated alkanes) is 4. The maximum absolute atomic E-state index is 11.6. The van der Waals surface area contributed by atoms with Gasteiger partial charge in [0.15, 0.2) is 11.6 Å². The van der Waals surface area contributed by atoms with Crippen LogP contribution in [0.1, 0.15) is 58.3 Å². The van der Waals surface area contributed by atoms with Gasteiger partial charge in [-0.05, 0) is 25.0 Å². The fraction of sp³-hybridized carbons (Fsp3) is 0.526. The quantitative estimate of drug-likeness (QED) is 0.222. The van der Waals surface area contributed by atoms with Crippen LogP contribution in [0.4, 0.5) is 0 Å². The summed E-state index contributed by atoms with van der Waals surface area (Å²) in [5.41, 5.74) is 0. The van der Waals surface area contributed by atoms with E-state index >= 15 is 0 Å². The number of carbonyl (C=O) groups is 3. The van der Waals surface area contributed by atoms with Crippen LogP contribution < -0.4 is 0 Å². The molecule has 4 heteroatoms. The highest BCUT2D eigenvalue weighted by atomic mass is 16.5. The lowest BCUT2D eigenvalue weighted by Crippen LogP contribution is -1.99. The number of ether oxygens (including phenoxy) is 1. The highest BCUT2D eigenvalue weighted by Gasteiger charge is 2.00. The summed E-state index contributed by atoms with van der Waals surface area (Å²) in [5.74, 6) is 0.0337. The smallest absolute Gasteiger partial charge is 0.305 e. The molecule has 0 aromatic carbocycles. The molecule has 0 rings (SSSR count). The van der Waals surface area contributed by atoms with Crippen LogP contribution in [0.25, 0.3) is 0 Å². The fourth-order valence-electron chi connectivity index (χ4n) is 1.86. The molecule has 0 spiro atoms. The molecular weight excluding hydrogens is 292 g/mol. The highest BCUT2D eigenvalue weighted by molar-refractivity contribution is 5.90. The monoisotopic (exact) mass is 320 g/mol. The second-order valence-corrected chi connectivity index (χ2v) is 5.23. The SMILES string of the molecule is CCC(=O)C=CC=CC=CC(=O)CCCCCCCC(=O)OC. The molecule has 0 aromatic rings. The Balaban J connectivity index is 3.61. The van der Waals surface area contributed by atoms with Gasteiger partial charge in [0.05, 0.1) is 7.11 Å². The Morgan fingerprint density at radius 1 is 0.739 bits per heavy atom. The lowest BCUT2D eigenvalue weighted by atomic mass is 10.1. The summed E-state index contributed by atoms with van der Waals surface area (Å²) in [6.07, 6.45) is 16.2. The number of hydrogen-bond donors (Lipinski definition) is 0. The van der Waals surface area contributed by atoms with Crippen molar-refractivity contribution in [3.05, 3.63) is 36.5 Å². The first-order valence-corrected chi connectivity index (χ1v) is 8.24. The van der Waals surface area contributed by atoms with E-state index in [9.17, 15) is 14.4 Å². The number of esters is 1. The van der Waals surface area contributed by atoms with Crippen molar-refractivity contribution in [3.63, 3.8) is 0 Å². The summed E-state index contributed by atoms with van der Waals surface area (Å²) in [7, 11) is 1.40. The van der Waals surface area contributed by atoms with Crippen LogP contribution in [0, 0.1) is 0 Å². The predicted molar refractivity (Wildman–Crippen MR) is 92.1 cm³/mol. The molecule has 128 valence electrons. The van der Waals surface area contributed by atoms with E-state index in [0.29, 0.717) is 19.3 Å². The third kappa shape index (κ3) is 14.7. The molecule has 0 atom stereocenters. The number of hydrogen-bond acceptors (Lipinski definition) is 4. The molecule has 0 saturated heterocycles. The Labute approximate surface area is 139 Å². The summed E-state index contributed by atoms with van der Waals surface area (Å²) < 4.78 is 4.57.